The van der Waals surface area contributed by atoms with E-state index in [0.717, 1.165) is 26.2 Å². The second-order valence-electron chi connectivity index (χ2n) is 3.45. The zero-order valence-corrected chi connectivity index (χ0v) is 7.40. The van der Waals surface area contributed by atoms with Crippen molar-refractivity contribution in [3.63, 3.8) is 0 Å². The Kier molecular flexibility index (Phi) is 2.48. The van der Waals surface area contributed by atoms with Gasteiger partial charge in [0.05, 0.1) is 19.3 Å². The van der Waals surface area contributed by atoms with Gasteiger partial charge in [-0.05, 0) is 0 Å². The summed E-state index contributed by atoms with van der Waals surface area (Å²) in [4.78, 5) is 13.1. The van der Waals surface area contributed by atoms with Gasteiger partial charge in [0.25, 0.3) is 0 Å². The lowest BCUT2D eigenvalue weighted by atomic mass is 10.0. The van der Waals surface area contributed by atoms with Crippen LogP contribution >= 0.6 is 0 Å². The highest BCUT2D eigenvalue weighted by molar-refractivity contribution is 5.74. The molecule has 74 valence electrons. The number of nitrogens with one attached hydrogen (secondary N) is 1. The van der Waals surface area contributed by atoms with Gasteiger partial charge in [0.15, 0.2) is 0 Å². The van der Waals surface area contributed by atoms with E-state index in [-0.39, 0.29) is 6.04 Å². The number of fused-ring (bicyclic) bond motifs is 1. The number of ether oxygens (including phenoxy) is 1. The molecule has 2 N–H and O–H groups in total. The van der Waals surface area contributed by atoms with E-state index in [1.54, 1.807) is 0 Å². The number of carbonyl (C=O) groups is 1. The van der Waals surface area contributed by atoms with Crippen molar-refractivity contribution in [2.45, 2.75) is 12.1 Å². The van der Waals surface area contributed by atoms with Crippen LogP contribution in [0.5, 0.6) is 0 Å². The van der Waals surface area contributed by atoms with E-state index < -0.39 is 12.0 Å². The van der Waals surface area contributed by atoms with E-state index in [9.17, 15) is 4.79 Å². The van der Waals surface area contributed by atoms with Gasteiger partial charge in [0.1, 0.15) is 6.04 Å². The van der Waals surface area contributed by atoms with Crippen LogP contribution in [0.1, 0.15) is 0 Å². The van der Waals surface area contributed by atoms with E-state index in [1.807, 2.05) is 0 Å². The van der Waals surface area contributed by atoms with Gasteiger partial charge >= 0.3 is 5.97 Å². The summed E-state index contributed by atoms with van der Waals surface area (Å²) in [5.41, 5.74) is 0. The van der Waals surface area contributed by atoms with Crippen LogP contribution in [0.4, 0.5) is 0 Å². The molecule has 2 aliphatic rings. The first-order valence-corrected chi connectivity index (χ1v) is 4.57. The average Bonchev–Trinajstić information content (AvgIpc) is 2.17. The highest BCUT2D eigenvalue weighted by Gasteiger charge is 2.37. The maximum absolute atomic E-state index is 10.9. The molecule has 2 aliphatic heterocycles. The summed E-state index contributed by atoms with van der Waals surface area (Å²) in [5.74, 6) is -0.778. The molecule has 0 aromatic heterocycles. The van der Waals surface area contributed by atoms with Crippen LogP contribution in [0.2, 0.25) is 0 Å². The van der Waals surface area contributed by atoms with Crippen molar-refractivity contribution in [1.29, 1.82) is 0 Å². The zero-order chi connectivity index (χ0) is 9.26. The zero-order valence-electron chi connectivity index (χ0n) is 7.40. The third kappa shape index (κ3) is 1.67. The molecule has 2 unspecified atom stereocenters. The topological polar surface area (TPSA) is 61.8 Å². The minimum atomic E-state index is -0.778. The van der Waals surface area contributed by atoms with Crippen molar-refractivity contribution in [2.75, 3.05) is 32.8 Å². The fourth-order valence-electron chi connectivity index (χ4n) is 1.99. The third-order valence-electron chi connectivity index (χ3n) is 2.69. The SMILES string of the molecule is O=C(O)C1NCCN2CCOCC12. The molecule has 0 spiro atoms. The van der Waals surface area contributed by atoms with Crippen LogP contribution < -0.4 is 5.32 Å². The second-order valence-corrected chi connectivity index (χ2v) is 3.45. The number of carboxylic acid groups (broad SMARTS) is 1. The lowest BCUT2D eigenvalue weighted by Gasteiger charge is -2.42. The monoisotopic (exact) mass is 186 g/mol. The average molecular weight is 186 g/mol. The Morgan fingerprint density at radius 1 is 1.54 bits per heavy atom. The predicted molar refractivity (Wildman–Crippen MR) is 45.6 cm³/mol. The van der Waals surface area contributed by atoms with Gasteiger partial charge in [-0.25, -0.2) is 0 Å². The molecule has 13 heavy (non-hydrogen) atoms. The van der Waals surface area contributed by atoms with Crippen molar-refractivity contribution in [3.8, 4) is 0 Å². The van der Waals surface area contributed by atoms with Gasteiger partial charge in [-0.15, -0.1) is 0 Å². The van der Waals surface area contributed by atoms with E-state index in [2.05, 4.69) is 10.2 Å². The highest BCUT2D eigenvalue weighted by Crippen LogP contribution is 2.13. The number of carboxylic acids is 1. The van der Waals surface area contributed by atoms with Gasteiger partial charge < -0.3 is 15.2 Å². The molecule has 2 fully saturated rings. The molecule has 5 heteroatoms. The van der Waals surface area contributed by atoms with Gasteiger partial charge in [0, 0.05) is 19.6 Å². The molecule has 2 heterocycles. The highest BCUT2D eigenvalue weighted by atomic mass is 16.5. The molecule has 5 nitrogen and oxygen atoms in total. The molecule has 0 saturated carbocycles. The predicted octanol–water partition coefficient (Wildman–Crippen LogP) is -1.26. The normalized spacial score (nSPS) is 35.4. The molecular weight excluding hydrogens is 172 g/mol. The molecule has 0 aromatic rings. The maximum Gasteiger partial charge on any atom is 0.322 e. The van der Waals surface area contributed by atoms with Crippen LogP contribution in [-0.2, 0) is 9.53 Å². The number of rotatable bonds is 1. The van der Waals surface area contributed by atoms with Gasteiger partial charge in [0.2, 0.25) is 0 Å². The van der Waals surface area contributed by atoms with Crippen molar-refractivity contribution in [2.24, 2.45) is 0 Å². The molecular formula is C8H14N2O3. The smallest absolute Gasteiger partial charge is 0.322 e. The lowest BCUT2D eigenvalue weighted by Crippen LogP contribution is -2.64. The van der Waals surface area contributed by atoms with E-state index in [1.165, 1.54) is 0 Å². The number of hydrogen-bond acceptors (Lipinski definition) is 4. The Bertz CT molecular complexity index is 208. The summed E-state index contributed by atoms with van der Waals surface area (Å²) in [5, 5.41) is 11.9. The second kappa shape index (κ2) is 3.61. The quantitative estimate of drug-likeness (QED) is 0.535. The number of aliphatic carboxylic acids is 1. The van der Waals surface area contributed by atoms with E-state index in [0.29, 0.717) is 6.61 Å². The Balaban J connectivity index is 2.06. The minimum absolute atomic E-state index is 0.0139. The van der Waals surface area contributed by atoms with Crippen LogP contribution in [0.3, 0.4) is 0 Å². The van der Waals surface area contributed by atoms with Crippen LogP contribution in [0, 0.1) is 0 Å². The Morgan fingerprint density at radius 2 is 2.38 bits per heavy atom. The Labute approximate surface area is 76.7 Å². The Hall–Kier alpha value is -0.650. The summed E-state index contributed by atoms with van der Waals surface area (Å²) in [6.07, 6.45) is 0. The van der Waals surface area contributed by atoms with Crippen LogP contribution in [-0.4, -0.2) is 60.9 Å². The maximum atomic E-state index is 10.9. The molecule has 0 bridgehead atoms. The number of nitrogens with zero attached hydrogens (tertiary/aromatic N) is 1. The molecule has 0 aliphatic carbocycles. The molecule has 0 aromatic carbocycles. The summed E-state index contributed by atoms with van der Waals surface area (Å²) >= 11 is 0. The molecule has 2 atom stereocenters. The first kappa shape index (κ1) is 8.93. The van der Waals surface area contributed by atoms with Crippen LogP contribution in [0.25, 0.3) is 0 Å². The Morgan fingerprint density at radius 3 is 3.15 bits per heavy atom. The molecule has 2 rings (SSSR count). The summed E-state index contributed by atoms with van der Waals surface area (Å²) in [6, 6.07) is -0.450. The fourth-order valence-corrected chi connectivity index (χ4v) is 1.99. The van der Waals surface area contributed by atoms with E-state index in [4.69, 9.17) is 9.84 Å². The van der Waals surface area contributed by atoms with Crippen LogP contribution in [0.15, 0.2) is 0 Å². The summed E-state index contributed by atoms with van der Waals surface area (Å²) in [7, 11) is 0. The van der Waals surface area contributed by atoms with Crippen molar-refractivity contribution in [3.05, 3.63) is 0 Å². The number of piperazine rings is 1. The lowest BCUT2D eigenvalue weighted by molar-refractivity contribution is -0.145. The van der Waals surface area contributed by atoms with Crippen molar-refractivity contribution >= 4 is 5.97 Å². The van der Waals surface area contributed by atoms with Gasteiger partial charge in [-0.3, -0.25) is 9.69 Å². The first-order chi connectivity index (χ1) is 6.29. The molecule has 0 radical (unpaired) electrons. The standard InChI is InChI=1S/C8H14N2O3/c11-8(12)7-6-5-13-4-3-10(6)2-1-9-7/h6-7,9H,1-5H2,(H,11,12). The molecule has 0 amide bonds. The number of morpholine rings is 1. The van der Waals surface area contributed by atoms with Crippen molar-refractivity contribution < 1.29 is 14.6 Å². The molecule has 2 saturated heterocycles. The van der Waals surface area contributed by atoms with Gasteiger partial charge in [-0.2, -0.15) is 0 Å². The number of hydrogen-bond donors (Lipinski definition) is 2. The largest absolute Gasteiger partial charge is 0.480 e. The van der Waals surface area contributed by atoms with Crippen molar-refractivity contribution in [1.82, 2.24) is 10.2 Å². The fraction of sp³-hybridized carbons (Fsp3) is 0.875. The van der Waals surface area contributed by atoms with E-state index >= 15 is 0 Å². The first-order valence-electron chi connectivity index (χ1n) is 4.57. The van der Waals surface area contributed by atoms with Gasteiger partial charge in [-0.1, -0.05) is 0 Å². The summed E-state index contributed by atoms with van der Waals surface area (Å²) < 4.78 is 5.27. The third-order valence-corrected chi connectivity index (χ3v) is 2.69. The minimum Gasteiger partial charge on any atom is -0.480 e. The summed E-state index contributed by atoms with van der Waals surface area (Å²) in [6.45, 7) is 3.80.